The standard InChI is InChI=1S/C13H17FN2O2/c14-12-7-6-11(8-15-12)18-9-13(17)16-10-4-2-1-3-5-10/h6-8,10H,1-5,9H2,(H,16,17). The van der Waals surface area contributed by atoms with Crippen molar-refractivity contribution >= 4 is 5.91 Å². The highest BCUT2D eigenvalue weighted by Crippen LogP contribution is 2.17. The molecular weight excluding hydrogens is 235 g/mol. The molecule has 1 aromatic heterocycles. The first-order chi connectivity index (χ1) is 8.74. The molecular formula is C13H17FN2O2. The molecule has 1 aliphatic rings. The number of halogens is 1. The molecule has 0 bridgehead atoms. The molecule has 0 atom stereocenters. The van der Waals surface area contributed by atoms with E-state index in [9.17, 15) is 9.18 Å². The lowest BCUT2D eigenvalue weighted by molar-refractivity contribution is -0.124. The van der Waals surface area contributed by atoms with Crippen LogP contribution in [0.3, 0.4) is 0 Å². The van der Waals surface area contributed by atoms with Gasteiger partial charge in [-0.15, -0.1) is 0 Å². The molecule has 18 heavy (non-hydrogen) atoms. The van der Waals surface area contributed by atoms with E-state index in [1.807, 2.05) is 0 Å². The monoisotopic (exact) mass is 252 g/mol. The third-order valence-corrected chi connectivity index (χ3v) is 3.04. The minimum atomic E-state index is -0.561. The molecule has 0 radical (unpaired) electrons. The van der Waals surface area contributed by atoms with Crippen LogP contribution in [0.25, 0.3) is 0 Å². The molecule has 0 spiro atoms. The van der Waals surface area contributed by atoms with Crippen molar-refractivity contribution in [3.8, 4) is 5.75 Å². The highest BCUT2D eigenvalue weighted by Gasteiger charge is 2.15. The van der Waals surface area contributed by atoms with Crippen LogP contribution in [0.5, 0.6) is 5.75 Å². The maximum atomic E-state index is 12.5. The SMILES string of the molecule is O=C(COc1ccc(F)nc1)NC1CCCCC1. The van der Waals surface area contributed by atoms with Crippen LogP contribution in [0, 0.1) is 5.95 Å². The summed E-state index contributed by atoms with van der Waals surface area (Å²) >= 11 is 0. The predicted octanol–water partition coefficient (Wildman–Crippen LogP) is 2.05. The summed E-state index contributed by atoms with van der Waals surface area (Å²) in [6.07, 6.45) is 6.96. The van der Waals surface area contributed by atoms with Gasteiger partial charge in [0.05, 0.1) is 6.20 Å². The zero-order valence-electron chi connectivity index (χ0n) is 10.2. The summed E-state index contributed by atoms with van der Waals surface area (Å²) in [4.78, 5) is 15.1. The quantitative estimate of drug-likeness (QED) is 0.834. The Hall–Kier alpha value is -1.65. The third-order valence-electron chi connectivity index (χ3n) is 3.04. The van der Waals surface area contributed by atoms with Crippen molar-refractivity contribution in [2.45, 2.75) is 38.1 Å². The highest BCUT2D eigenvalue weighted by atomic mass is 19.1. The van der Waals surface area contributed by atoms with Crippen molar-refractivity contribution < 1.29 is 13.9 Å². The maximum Gasteiger partial charge on any atom is 0.258 e. The molecule has 1 amide bonds. The number of hydrogen-bond acceptors (Lipinski definition) is 3. The molecule has 1 fully saturated rings. The number of aromatic nitrogens is 1. The van der Waals surface area contributed by atoms with Gasteiger partial charge in [0.25, 0.3) is 5.91 Å². The van der Waals surface area contributed by atoms with Crippen LogP contribution in [-0.2, 0) is 4.79 Å². The number of hydrogen-bond donors (Lipinski definition) is 1. The topological polar surface area (TPSA) is 51.2 Å². The summed E-state index contributed by atoms with van der Waals surface area (Å²) in [5, 5.41) is 2.94. The lowest BCUT2D eigenvalue weighted by atomic mass is 9.95. The van der Waals surface area contributed by atoms with E-state index in [1.165, 1.54) is 37.6 Å². The van der Waals surface area contributed by atoms with Gasteiger partial charge in [-0.25, -0.2) is 4.98 Å². The molecule has 0 unspecified atom stereocenters. The van der Waals surface area contributed by atoms with Crippen molar-refractivity contribution in [3.05, 3.63) is 24.3 Å². The molecule has 1 aromatic rings. The summed E-state index contributed by atoms with van der Waals surface area (Å²) in [5.41, 5.74) is 0. The molecule has 1 heterocycles. The van der Waals surface area contributed by atoms with Gasteiger partial charge in [-0.05, 0) is 25.0 Å². The van der Waals surface area contributed by atoms with Crippen molar-refractivity contribution in [1.82, 2.24) is 10.3 Å². The number of amides is 1. The Labute approximate surface area is 106 Å². The van der Waals surface area contributed by atoms with Gasteiger partial charge in [0.1, 0.15) is 5.75 Å². The Bertz CT molecular complexity index is 388. The molecule has 2 rings (SSSR count). The van der Waals surface area contributed by atoms with Crippen LogP contribution >= 0.6 is 0 Å². The van der Waals surface area contributed by atoms with Crippen molar-refractivity contribution in [2.24, 2.45) is 0 Å². The fourth-order valence-electron chi connectivity index (χ4n) is 2.11. The van der Waals surface area contributed by atoms with Crippen LogP contribution in [0.2, 0.25) is 0 Å². The molecule has 98 valence electrons. The lowest BCUT2D eigenvalue weighted by Crippen LogP contribution is -2.38. The predicted molar refractivity (Wildman–Crippen MR) is 64.7 cm³/mol. The summed E-state index contributed by atoms with van der Waals surface area (Å²) in [6.45, 7) is -0.0518. The maximum absolute atomic E-state index is 12.5. The van der Waals surface area contributed by atoms with Gasteiger partial charge in [0.2, 0.25) is 5.95 Å². The first-order valence-electron chi connectivity index (χ1n) is 6.28. The first kappa shape index (κ1) is 12.8. The van der Waals surface area contributed by atoms with E-state index < -0.39 is 5.95 Å². The van der Waals surface area contributed by atoms with E-state index >= 15 is 0 Å². The molecule has 4 nitrogen and oxygen atoms in total. The van der Waals surface area contributed by atoms with Crippen LogP contribution in [0.1, 0.15) is 32.1 Å². The van der Waals surface area contributed by atoms with Gasteiger partial charge in [-0.2, -0.15) is 4.39 Å². The number of pyridine rings is 1. The number of nitrogens with one attached hydrogen (secondary N) is 1. The van der Waals surface area contributed by atoms with Gasteiger partial charge in [-0.1, -0.05) is 19.3 Å². The van der Waals surface area contributed by atoms with Gasteiger partial charge >= 0.3 is 0 Å². The van der Waals surface area contributed by atoms with Crippen LogP contribution < -0.4 is 10.1 Å². The Kier molecular flexibility index (Phi) is 4.50. The van der Waals surface area contributed by atoms with Crippen molar-refractivity contribution in [2.75, 3.05) is 6.61 Å². The second-order valence-corrected chi connectivity index (χ2v) is 4.51. The highest BCUT2D eigenvalue weighted by molar-refractivity contribution is 5.77. The average molecular weight is 252 g/mol. The Morgan fingerprint density at radius 1 is 1.39 bits per heavy atom. The lowest BCUT2D eigenvalue weighted by Gasteiger charge is -2.22. The van der Waals surface area contributed by atoms with Crippen molar-refractivity contribution in [3.63, 3.8) is 0 Å². The normalized spacial score (nSPS) is 16.3. The van der Waals surface area contributed by atoms with Crippen LogP contribution in [-0.4, -0.2) is 23.5 Å². The van der Waals surface area contributed by atoms with Gasteiger partial charge in [-0.3, -0.25) is 4.79 Å². The van der Waals surface area contributed by atoms with Crippen LogP contribution in [0.15, 0.2) is 18.3 Å². The minimum absolute atomic E-state index is 0.0518. The van der Waals surface area contributed by atoms with Gasteiger partial charge in [0.15, 0.2) is 6.61 Å². The van der Waals surface area contributed by atoms with E-state index in [0.29, 0.717) is 5.75 Å². The molecule has 1 saturated carbocycles. The van der Waals surface area contributed by atoms with E-state index in [0.717, 1.165) is 12.8 Å². The van der Waals surface area contributed by atoms with Crippen LogP contribution in [0.4, 0.5) is 4.39 Å². The summed E-state index contributed by atoms with van der Waals surface area (Å²) in [7, 11) is 0. The zero-order valence-corrected chi connectivity index (χ0v) is 10.2. The molecule has 1 N–H and O–H groups in total. The first-order valence-corrected chi connectivity index (χ1v) is 6.28. The minimum Gasteiger partial charge on any atom is -0.482 e. The Balaban J connectivity index is 1.72. The molecule has 5 heteroatoms. The fourth-order valence-corrected chi connectivity index (χ4v) is 2.11. The molecule has 1 aliphatic carbocycles. The Morgan fingerprint density at radius 2 is 2.17 bits per heavy atom. The van der Waals surface area contributed by atoms with Gasteiger partial charge in [0, 0.05) is 6.04 Å². The zero-order chi connectivity index (χ0) is 12.8. The van der Waals surface area contributed by atoms with E-state index in [4.69, 9.17) is 4.74 Å². The average Bonchev–Trinajstić information content (AvgIpc) is 2.39. The summed E-state index contributed by atoms with van der Waals surface area (Å²) < 4.78 is 17.8. The molecule has 0 saturated heterocycles. The number of carbonyl (C=O) groups excluding carboxylic acids is 1. The largest absolute Gasteiger partial charge is 0.482 e. The molecule has 0 aliphatic heterocycles. The number of rotatable bonds is 4. The van der Waals surface area contributed by atoms with E-state index in [-0.39, 0.29) is 18.6 Å². The fraction of sp³-hybridized carbons (Fsp3) is 0.538. The Morgan fingerprint density at radius 3 is 2.83 bits per heavy atom. The summed E-state index contributed by atoms with van der Waals surface area (Å²) in [6, 6.07) is 2.94. The van der Waals surface area contributed by atoms with Crippen molar-refractivity contribution in [1.29, 1.82) is 0 Å². The second kappa shape index (κ2) is 6.33. The number of ether oxygens (including phenoxy) is 1. The van der Waals surface area contributed by atoms with E-state index in [2.05, 4.69) is 10.3 Å². The van der Waals surface area contributed by atoms with Gasteiger partial charge < -0.3 is 10.1 Å². The molecule has 0 aromatic carbocycles. The number of nitrogens with zero attached hydrogens (tertiary/aromatic N) is 1. The second-order valence-electron chi connectivity index (χ2n) is 4.51. The van der Waals surface area contributed by atoms with E-state index in [1.54, 1.807) is 0 Å². The third kappa shape index (κ3) is 3.98. The number of carbonyl (C=O) groups is 1. The summed E-state index contributed by atoms with van der Waals surface area (Å²) in [5.74, 6) is -0.296. The smallest absolute Gasteiger partial charge is 0.258 e.